The highest BCUT2D eigenvalue weighted by Gasteiger charge is 2.19. The SMILES string of the molecule is CCN1CCN(CCCCN=C(N)N2CCN(c3nccs3)CC2)CC1. The molecule has 2 fully saturated rings. The van der Waals surface area contributed by atoms with Crippen LogP contribution in [0.1, 0.15) is 19.8 Å². The van der Waals surface area contributed by atoms with E-state index >= 15 is 0 Å². The summed E-state index contributed by atoms with van der Waals surface area (Å²) in [6, 6.07) is 0. The fraction of sp³-hybridized carbons (Fsp3) is 0.778. The number of nitrogens with two attached hydrogens (primary N) is 1. The van der Waals surface area contributed by atoms with E-state index in [0.29, 0.717) is 5.96 Å². The van der Waals surface area contributed by atoms with E-state index < -0.39 is 0 Å². The quantitative estimate of drug-likeness (QED) is 0.433. The predicted molar refractivity (Wildman–Crippen MR) is 110 cm³/mol. The number of hydrogen-bond acceptors (Lipinski definition) is 6. The minimum atomic E-state index is 0.709. The molecule has 0 unspecified atom stereocenters. The summed E-state index contributed by atoms with van der Waals surface area (Å²) in [7, 11) is 0. The van der Waals surface area contributed by atoms with Gasteiger partial charge in [-0.05, 0) is 25.9 Å². The van der Waals surface area contributed by atoms with Gasteiger partial charge in [-0.2, -0.15) is 0 Å². The van der Waals surface area contributed by atoms with Gasteiger partial charge in [-0.25, -0.2) is 4.98 Å². The van der Waals surface area contributed by atoms with Crippen molar-refractivity contribution in [2.45, 2.75) is 19.8 Å². The van der Waals surface area contributed by atoms with Crippen LogP contribution >= 0.6 is 11.3 Å². The molecule has 3 rings (SSSR count). The van der Waals surface area contributed by atoms with Crippen LogP contribution in [0.25, 0.3) is 0 Å². The molecule has 0 atom stereocenters. The van der Waals surface area contributed by atoms with E-state index in [2.05, 4.69) is 36.5 Å². The van der Waals surface area contributed by atoms with Crippen molar-refractivity contribution in [3.05, 3.63) is 11.6 Å². The lowest BCUT2D eigenvalue weighted by Gasteiger charge is -2.35. The van der Waals surface area contributed by atoms with Crippen LogP contribution in [0.3, 0.4) is 0 Å². The lowest BCUT2D eigenvalue weighted by molar-refractivity contribution is 0.136. The number of likely N-dealkylation sites (N-methyl/N-ethyl adjacent to an activating group) is 1. The minimum Gasteiger partial charge on any atom is -0.370 e. The normalized spacial score (nSPS) is 20.7. The summed E-state index contributed by atoms with van der Waals surface area (Å²) in [5, 5.41) is 3.14. The number of aliphatic imine (C=N–C) groups is 1. The summed E-state index contributed by atoms with van der Waals surface area (Å²) in [6.07, 6.45) is 4.19. The first-order valence-corrected chi connectivity index (χ1v) is 10.8. The van der Waals surface area contributed by atoms with Gasteiger partial charge >= 0.3 is 0 Å². The summed E-state index contributed by atoms with van der Waals surface area (Å²) in [5.41, 5.74) is 6.20. The van der Waals surface area contributed by atoms with Gasteiger partial charge in [0.25, 0.3) is 0 Å². The molecule has 2 N–H and O–H groups in total. The molecule has 2 aliphatic heterocycles. The molecular formula is C18H33N7S. The molecule has 0 aromatic carbocycles. The van der Waals surface area contributed by atoms with Crippen molar-refractivity contribution >= 4 is 22.4 Å². The van der Waals surface area contributed by atoms with Gasteiger partial charge in [0.1, 0.15) is 0 Å². The Morgan fingerprint density at radius 1 is 1.08 bits per heavy atom. The number of thiazole rings is 1. The van der Waals surface area contributed by atoms with Crippen LogP contribution in [0, 0.1) is 0 Å². The van der Waals surface area contributed by atoms with E-state index in [1.165, 1.54) is 45.7 Å². The van der Waals surface area contributed by atoms with Crippen LogP contribution in [0.2, 0.25) is 0 Å². The van der Waals surface area contributed by atoms with Crippen LogP contribution in [-0.4, -0.2) is 97.6 Å². The third-order valence-corrected chi connectivity index (χ3v) is 6.19. The van der Waals surface area contributed by atoms with Crippen molar-refractivity contribution < 1.29 is 0 Å². The number of hydrogen-bond donors (Lipinski definition) is 1. The van der Waals surface area contributed by atoms with Crippen LogP contribution in [-0.2, 0) is 0 Å². The maximum atomic E-state index is 6.20. The molecule has 7 nitrogen and oxygen atoms in total. The van der Waals surface area contributed by atoms with Crippen molar-refractivity contribution in [2.24, 2.45) is 10.7 Å². The monoisotopic (exact) mass is 379 g/mol. The van der Waals surface area contributed by atoms with Gasteiger partial charge in [0.2, 0.25) is 0 Å². The fourth-order valence-electron chi connectivity index (χ4n) is 3.57. The van der Waals surface area contributed by atoms with Gasteiger partial charge in [0.15, 0.2) is 11.1 Å². The maximum Gasteiger partial charge on any atom is 0.191 e. The van der Waals surface area contributed by atoms with E-state index in [-0.39, 0.29) is 0 Å². The molecule has 8 heteroatoms. The van der Waals surface area contributed by atoms with E-state index in [1.807, 2.05) is 11.6 Å². The summed E-state index contributed by atoms with van der Waals surface area (Å²) in [5.74, 6) is 0.709. The van der Waals surface area contributed by atoms with Gasteiger partial charge in [-0.1, -0.05) is 6.92 Å². The minimum absolute atomic E-state index is 0.709. The molecule has 0 amide bonds. The summed E-state index contributed by atoms with van der Waals surface area (Å²) in [6.45, 7) is 14.1. The zero-order valence-electron chi connectivity index (χ0n) is 16.0. The largest absolute Gasteiger partial charge is 0.370 e. The molecule has 3 heterocycles. The molecule has 0 spiro atoms. The number of unbranched alkanes of at least 4 members (excludes halogenated alkanes) is 1. The zero-order valence-corrected chi connectivity index (χ0v) is 16.8. The Labute approximate surface area is 161 Å². The van der Waals surface area contributed by atoms with E-state index in [4.69, 9.17) is 5.73 Å². The Bertz CT molecular complexity index is 532. The average Bonchev–Trinajstić information content (AvgIpc) is 3.23. The molecule has 1 aromatic heterocycles. The van der Waals surface area contributed by atoms with Gasteiger partial charge in [-0.15, -0.1) is 11.3 Å². The predicted octanol–water partition coefficient (Wildman–Crippen LogP) is 0.998. The van der Waals surface area contributed by atoms with Crippen molar-refractivity contribution in [3.63, 3.8) is 0 Å². The third-order valence-electron chi connectivity index (χ3n) is 5.36. The second-order valence-electron chi connectivity index (χ2n) is 7.01. The highest BCUT2D eigenvalue weighted by atomic mass is 32.1. The van der Waals surface area contributed by atoms with Gasteiger partial charge in [0.05, 0.1) is 0 Å². The molecule has 0 saturated carbocycles. The molecule has 1 aromatic rings. The summed E-state index contributed by atoms with van der Waals surface area (Å²) < 4.78 is 0. The van der Waals surface area contributed by atoms with Crippen LogP contribution in [0.4, 0.5) is 5.13 Å². The van der Waals surface area contributed by atoms with Crippen LogP contribution in [0.5, 0.6) is 0 Å². The van der Waals surface area contributed by atoms with Crippen LogP contribution < -0.4 is 10.6 Å². The van der Waals surface area contributed by atoms with Gasteiger partial charge < -0.3 is 25.3 Å². The lowest BCUT2D eigenvalue weighted by atomic mass is 10.2. The number of guanidine groups is 1. The standard InChI is InChI=1S/C18H33N7S/c1-2-22-8-10-23(11-9-22)7-4-3-5-20-17(19)24-12-14-25(15-13-24)18-21-6-16-26-18/h6,16H,2-5,7-15H2,1H3,(H2,19,20). The second kappa shape index (κ2) is 10.1. The van der Waals surface area contributed by atoms with E-state index in [0.717, 1.165) is 44.3 Å². The highest BCUT2D eigenvalue weighted by molar-refractivity contribution is 7.13. The number of rotatable bonds is 7. The van der Waals surface area contributed by atoms with Gasteiger partial charge in [0, 0.05) is 70.5 Å². The number of aromatic nitrogens is 1. The van der Waals surface area contributed by atoms with E-state index in [1.54, 1.807) is 11.3 Å². The molecule has 2 aliphatic rings. The van der Waals surface area contributed by atoms with Crippen LogP contribution in [0.15, 0.2) is 16.6 Å². The first-order valence-electron chi connectivity index (χ1n) is 9.90. The van der Waals surface area contributed by atoms with Crippen molar-refractivity contribution in [3.8, 4) is 0 Å². The lowest BCUT2D eigenvalue weighted by Crippen LogP contribution is -2.51. The average molecular weight is 380 g/mol. The summed E-state index contributed by atoms with van der Waals surface area (Å²) >= 11 is 1.70. The van der Waals surface area contributed by atoms with Gasteiger partial charge in [-0.3, -0.25) is 4.99 Å². The Kier molecular flexibility index (Phi) is 7.52. The highest BCUT2D eigenvalue weighted by Crippen LogP contribution is 2.18. The number of anilines is 1. The number of piperazine rings is 2. The molecule has 26 heavy (non-hydrogen) atoms. The first kappa shape index (κ1) is 19.4. The van der Waals surface area contributed by atoms with Crippen molar-refractivity contribution in [1.29, 1.82) is 0 Å². The Hall–Kier alpha value is -1.38. The van der Waals surface area contributed by atoms with Crippen molar-refractivity contribution in [1.82, 2.24) is 19.7 Å². The summed E-state index contributed by atoms with van der Waals surface area (Å²) in [4.78, 5) is 18.6. The first-order chi connectivity index (χ1) is 12.8. The molecule has 0 aliphatic carbocycles. The number of nitrogens with zero attached hydrogens (tertiary/aromatic N) is 6. The molecule has 0 radical (unpaired) electrons. The molecule has 2 saturated heterocycles. The molecule has 0 bridgehead atoms. The maximum absolute atomic E-state index is 6.20. The Morgan fingerprint density at radius 3 is 2.46 bits per heavy atom. The van der Waals surface area contributed by atoms with E-state index in [9.17, 15) is 0 Å². The van der Waals surface area contributed by atoms with Crippen molar-refractivity contribution in [2.75, 3.05) is 76.9 Å². The Balaban J connectivity index is 1.28. The molecule has 146 valence electrons. The fourth-order valence-corrected chi connectivity index (χ4v) is 4.27. The third kappa shape index (κ3) is 5.56. The zero-order chi connectivity index (χ0) is 18.2. The topological polar surface area (TPSA) is 64.2 Å². The Morgan fingerprint density at radius 2 is 1.81 bits per heavy atom. The molecular weight excluding hydrogens is 346 g/mol. The second-order valence-corrected chi connectivity index (χ2v) is 7.88. The smallest absolute Gasteiger partial charge is 0.191 e.